The summed E-state index contributed by atoms with van der Waals surface area (Å²) in [6.07, 6.45) is 1.92. The van der Waals surface area contributed by atoms with Crippen molar-refractivity contribution in [3.63, 3.8) is 0 Å². The minimum atomic E-state index is -0.414. The van der Waals surface area contributed by atoms with Crippen LogP contribution in [0.5, 0.6) is 0 Å². The first-order valence-electron chi connectivity index (χ1n) is 9.08. The molecule has 0 saturated carbocycles. The van der Waals surface area contributed by atoms with Gasteiger partial charge in [0.15, 0.2) is 0 Å². The highest BCUT2D eigenvalue weighted by Crippen LogP contribution is 2.36. The van der Waals surface area contributed by atoms with E-state index in [0.717, 1.165) is 23.4 Å². The van der Waals surface area contributed by atoms with Gasteiger partial charge in [0.05, 0.1) is 10.9 Å². The molecule has 6 nitrogen and oxygen atoms in total. The molecule has 7 heteroatoms. The molecule has 1 aromatic carbocycles. The molecule has 3 amide bonds. The second-order valence-electron chi connectivity index (χ2n) is 7.14. The lowest BCUT2D eigenvalue weighted by Crippen LogP contribution is -2.51. The molecule has 2 atom stereocenters. The van der Waals surface area contributed by atoms with Crippen LogP contribution in [0.4, 0.5) is 5.69 Å². The van der Waals surface area contributed by atoms with Crippen molar-refractivity contribution in [3.05, 3.63) is 24.3 Å². The van der Waals surface area contributed by atoms with Crippen molar-refractivity contribution in [2.45, 2.75) is 49.3 Å². The monoisotopic (exact) mass is 375 g/mol. The summed E-state index contributed by atoms with van der Waals surface area (Å²) in [6.45, 7) is 4.92. The third kappa shape index (κ3) is 4.38. The van der Waals surface area contributed by atoms with Crippen LogP contribution in [0.2, 0.25) is 0 Å². The fraction of sp³-hybridized carbons (Fsp3) is 0.526. The number of nitrogens with zero attached hydrogens (tertiary/aromatic N) is 1. The number of carbonyl (C=O) groups is 3. The molecule has 3 rings (SSSR count). The average molecular weight is 375 g/mol. The van der Waals surface area contributed by atoms with Gasteiger partial charge in [-0.3, -0.25) is 14.4 Å². The Morgan fingerprint density at radius 3 is 2.88 bits per heavy atom. The van der Waals surface area contributed by atoms with E-state index < -0.39 is 5.25 Å². The largest absolute Gasteiger partial charge is 0.351 e. The SMILES string of the molecule is CC(C)C(=O)N[C@@H]1CCCN(C(=O)C[C@H]2Sc3ccccc3NC2=O)C1. The van der Waals surface area contributed by atoms with Gasteiger partial charge < -0.3 is 15.5 Å². The number of hydrogen-bond donors (Lipinski definition) is 2. The molecule has 0 spiro atoms. The zero-order valence-electron chi connectivity index (χ0n) is 15.2. The molecule has 2 heterocycles. The van der Waals surface area contributed by atoms with E-state index in [-0.39, 0.29) is 36.1 Å². The Hall–Kier alpha value is -2.02. The highest BCUT2D eigenvalue weighted by Gasteiger charge is 2.32. The minimum Gasteiger partial charge on any atom is -0.351 e. The topological polar surface area (TPSA) is 78.5 Å². The van der Waals surface area contributed by atoms with E-state index in [4.69, 9.17) is 0 Å². The minimum absolute atomic E-state index is 0.00355. The second kappa shape index (κ2) is 8.12. The lowest BCUT2D eigenvalue weighted by molar-refractivity contribution is -0.135. The van der Waals surface area contributed by atoms with E-state index in [2.05, 4.69) is 10.6 Å². The number of carbonyl (C=O) groups excluding carboxylic acids is 3. The zero-order valence-corrected chi connectivity index (χ0v) is 16.0. The van der Waals surface area contributed by atoms with E-state index in [1.54, 1.807) is 4.90 Å². The van der Waals surface area contributed by atoms with Gasteiger partial charge in [0, 0.05) is 36.4 Å². The number of likely N-dealkylation sites (tertiary alicyclic amines) is 1. The van der Waals surface area contributed by atoms with Crippen LogP contribution in [0.25, 0.3) is 0 Å². The lowest BCUT2D eigenvalue weighted by atomic mass is 10.0. The first-order chi connectivity index (χ1) is 12.4. The maximum atomic E-state index is 12.7. The summed E-state index contributed by atoms with van der Waals surface area (Å²) in [5.41, 5.74) is 0.806. The maximum Gasteiger partial charge on any atom is 0.238 e. The van der Waals surface area contributed by atoms with Crippen LogP contribution in [0.15, 0.2) is 29.2 Å². The van der Waals surface area contributed by atoms with Crippen molar-refractivity contribution < 1.29 is 14.4 Å². The first-order valence-corrected chi connectivity index (χ1v) is 9.96. The summed E-state index contributed by atoms with van der Waals surface area (Å²) in [5.74, 6) is -0.198. The molecule has 140 valence electrons. The molecule has 0 radical (unpaired) electrons. The Morgan fingerprint density at radius 1 is 1.35 bits per heavy atom. The molecular weight excluding hydrogens is 350 g/mol. The van der Waals surface area contributed by atoms with Crippen molar-refractivity contribution in [3.8, 4) is 0 Å². The Bertz CT molecular complexity index is 707. The summed E-state index contributed by atoms with van der Waals surface area (Å²) in [4.78, 5) is 39.7. The Kier molecular flexibility index (Phi) is 5.86. The number of benzene rings is 1. The second-order valence-corrected chi connectivity index (χ2v) is 8.38. The molecule has 1 aromatic rings. The smallest absolute Gasteiger partial charge is 0.238 e. The Labute approximate surface area is 158 Å². The fourth-order valence-electron chi connectivity index (χ4n) is 3.20. The maximum absolute atomic E-state index is 12.7. The molecule has 2 aliphatic rings. The van der Waals surface area contributed by atoms with Gasteiger partial charge in [-0.1, -0.05) is 26.0 Å². The third-order valence-electron chi connectivity index (χ3n) is 4.71. The molecule has 1 fully saturated rings. The van der Waals surface area contributed by atoms with Crippen molar-refractivity contribution in [1.82, 2.24) is 10.2 Å². The van der Waals surface area contributed by atoms with Crippen LogP contribution >= 0.6 is 11.8 Å². The predicted molar refractivity (Wildman–Crippen MR) is 102 cm³/mol. The number of amides is 3. The van der Waals surface area contributed by atoms with Gasteiger partial charge in [-0.2, -0.15) is 0 Å². The number of piperidine rings is 1. The number of nitrogens with one attached hydrogen (secondary N) is 2. The third-order valence-corrected chi connectivity index (χ3v) is 5.99. The highest BCUT2D eigenvalue weighted by molar-refractivity contribution is 8.01. The number of para-hydroxylation sites is 1. The van der Waals surface area contributed by atoms with Crippen LogP contribution in [0.3, 0.4) is 0 Å². The molecule has 0 bridgehead atoms. The zero-order chi connectivity index (χ0) is 18.7. The van der Waals surface area contributed by atoms with Crippen LogP contribution in [0.1, 0.15) is 33.1 Å². The van der Waals surface area contributed by atoms with Gasteiger partial charge in [-0.25, -0.2) is 0 Å². The van der Waals surface area contributed by atoms with E-state index in [1.165, 1.54) is 11.8 Å². The fourth-order valence-corrected chi connectivity index (χ4v) is 4.31. The van der Waals surface area contributed by atoms with Gasteiger partial charge in [-0.05, 0) is 25.0 Å². The Balaban J connectivity index is 1.58. The predicted octanol–water partition coefficient (Wildman–Crippen LogP) is 2.25. The number of anilines is 1. The number of hydrogen-bond acceptors (Lipinski definition) is 4. The van der Waals surface area contributed by atoms with Crippen molar-refractivity contribution in [2.75, 3.05) is 18.4 Å². The van der Waals surface area contributed by atoms with Gasteiger partial charge >= 0.3 is 0 Å². The standard InChI is InChI=1S/C19H25N3O3S/c1-12(2)18(24)20-13-6-5-9-22(11-13)17(23)10-16-19(25)21-14-7-3-4-8-15(14)26-16/h3-4,7-8,12-13,16H,5-6,9-11H2,1-2H3,(H,20,24)(H,21,25)/t13-,16-/m1/s1. The molecule has 2 aliphatic heterocycles. The summed E-state index contributed by atoms with van der Waals surface area (Å²) in [5, 5.41) is 5.48. The summed E-state index contributed by atoms with van der Waals surface area (Å²) in [6, 6.07) is 7.62. The van der Waals surface area contributed by atoms with Crippen molar-refractivity contribution in [2.24, 2.45) is 5.92 Å². The van der Waals surface area contributed by atoms with Crippen LogP contribution in [-0.2, 0) is 14.4 Å². The number of thioether (sulfide) groups is 1. The molecule has 0 aliphatic carbocycles. The average Bonchev–Trinajstić information content (AvgIpc) is 2.62. The van der Waals surface area contributed by atoms with Gasteiger partial charge in [0.2, 0.25) is 17.7 Å². The van der Waals surface area contributed by atoms with Crippen LogP contribution < -0.4 is 10.6 Å². The van der Waals surface area contributed by atoms with Crippen LogP contribution in [-0.4, -0.2) is 47.0 Å². The van der Waals surface area contributed by atoms with Gasteiger partial charge in [0.25, 0.3) is 0 Å². The van der Waals surface area contributed by atoms with Gasteiger partial charge in [-0.15, -0.1) is 11.8 Å². The summed E-state index contributed by atoms with van der Waals surface area (Å²) < 4.78 is 0. The molecule has 0 aromatic heterocycles. The Morgan fingerprint density at radius 2 is 2.12 bits per heavy atom. The molecule has 2 N–H and O–H groups in total. The first kappa shape index (κ1) is 18.8. The van der Waals surface area contributed by atoms with Crippen molar-refractivity contribution >= 4 is 35.2 Å². The number of fused-ring (bicyclic) bond motifs is 1. The van der Waals surface area contributed by atoms with Crippen LogP contribution in [0, 0.1) is 5.92 Å². The summed E-state index contributed by atoms with van der Waals surface area (Å²) in [7, 11) is 0. The quantitative estimate of drug-likeness (QED) is 0.846. The van der Waals surface area contributed by atoms with E-state index in [1.807, 2.05) is 38.1 Å². The van der Waals surface area contributed by atoms with E-state index in [0.29, 0.717) is 13.1 Å². The van der Waals surface area contributed by atoms with E-state index >= 15 is 0 Å². The summed E-state index contributed by atoms with van der Waals surface area (Å²) >= 11 is 1.44. The molecule has 26 heavy (non-hydrogen) atoms. The number of rotatable bonds is 4. The molecular formula is C19H25N3O3S. The molecule has 0 unspecified atom stereocenters. The van der Waals surface area contributed by atoms with E-state index in [9.17, 15) is 14.4 Å². The highest BCUT2D eigenvalue weighted by atomic mass is 32.2. The van der Waals surface area contributed by atoms with Crippen molar-refractivity contribution in [1.29, 1.82) is 0 Å². The lowest BCUT2D eigenvalue weighted by Gasteiger charge is -2.34. The molecule has 1 saturated heterocycles. The van der Waals surface area contributed by atoms with Gasteiger partial charge in [0.1, 0.15) is 0 Å². The normalized spacial score (nSPS) is 22.6.